The maximum atomic E-state index is 2.43. The molecule has 0 aromatic carbocycles. The highest BCUT2D eigenvalue weighted by Gasteiger charge is 2.29. The average Bonchev–Trinajstić information content (AvgIpc) is 2.01. The Labute approximate surface area is 77.7 Å². The van der Waals surface area contributed by atoms with Gasteiger partial charge in [-0.25, -0.2) is 0 Å². The van der Waals surface area contributed by atoms with Crippen LogP contribution in [0.25, 0.3) is 0 Å². The molecule has 0 heteroatoms. The van der Waals surface area contributed by atoms with E-state index in [1.165, 1.54) is 32.1 Å². The van der Waals surface area contributed by atoms with Gasteiger partial charge >= 0.3 is 0 Å². The summed E-state index contributed by atoms with van der Waals surface area (Å²) >= 11 is 0. The second kappa shape index (κ2) is 3.81. The minimum absolute atomic E-state index is 0.631. The van der Waals surface area contributed by atoms with Crippen molar-refractivity contribution in [2.24, 2.45) is 17.3 Å². The first-order valence-electron chi connectivity index (χ1n) is 5.55. The maximum absolute atomic E-state index is 2.43. The third-order valence-corrected chi connectivity index (χ3v) is 3.69. The predicted octanol–water partition coefficient (Wildman–Crippen LogP) is 4.25. The Morgan fingerprint density at radius 2 is 2.08 bits per heavy atom. The van der Waals surface area contributed by atoms with Gasteiger partial charge in [-0.2, -0.15) is 0 Å². The summed E-state index contributed by atoms with van der Waals surface area (Å²) in [5.74, 6) is 1.96. The number of rotatable bonds is 2. The first kappa shape index (κ1) is 10.1. The molecule has 0 heterocycles. The molecule has 72 valence electrons. The van der Waals surface area contributed by atoms with Crippen LogP contribution in [0.5, 0.6) is 0 Å². The first-order valence-corrected chi connectivity index (χ1v) is 5.55. The van der Waals surface area contributed by atoms with Gasteiger partial charge in [0, 0.05) is 0 Å². The molecule has 12 heavy (non-hydrogen) atoms. The van der Waals surface area contributed by atoms with Crippen LogP contribution in [0.15, 0.2) is 0 Å². The van der Waals surface area contributed by atoms with Gasteiger partial charge in [0.2, 0.25) is 0 Å². The lowest BCUT2D eigenvalue weighted by Crippen LogP contribution is -2.26. The summed E-state index contributed by atoms with van der Waals surface area (Å²) in [5.41, 5.74) is 0.631. The molecule has 0 bridgehead atoms. The fraction of sp³-hybridized carbons (Fsp3) is 1.00. The van der Waals surface area contributed by atoms with Gasteiger partial charge in [-0.1, -0.05) is 47.0 Å². The maximum Gasteiger partial charge on any atom is -0.0351 e. The van der Waals surface area contributed by atoms with Crippen LogP contribution in [0, 0.1) is 17.3 Å². The van der Waals surface area contributed by atoms with Crippen LogP contribution in [0.1, 0.15) is 59.8 Å². The van der Waals surface area contributed by atoms with Crippen LogP contribution in [0.3, 0.4) is 0 Å². The van der Waals surface area contributed by atoms with Crippen molar-refractivity contribution in [1.29, 1.82) is 0 Å². The Bertz CT molecular complexity index is 135. The molecule has 1 rings (SSSR count). The van der Waals surface area contributed by atoms with Crippen LogP contribution < -0.4 is 0 Å². The summed E-state index contributed by atoms with van der Waals surface area (Å²) < 4.78 is 0. The van der Waals surface area contributed by atoms with E-state index in [0.29, 0.717) is 5.41 Å². The van der Waals surface area contributed by atoms with E-state index in [-0.39, 0.29) is 0 Å². The fourth-order valence-corrected chi connectivity index (χ4v) is 2.58. The summed E-state index contributed by atoms with van der Waals surface area (Å²) in [6, 6.07) is 0. The highest BCUT2D eigenvalue weighted by molar-refractivity contribution is 4.81. The van der Waals surface area contributed by atoms with Crippen molar-refractivity contribution in [2.75, 3.05) is 0 Å². The monoisotopic (exact) mass is 168 g/mol. The van der Waals surface area contributed by atoms with Crippen molar-refractivity contribution in [2.45, 2.75) is 59.8 Å². The largest absolute Gasteiger partial charge is 0.0651 e. The summed E-state index contributed by atoms with van der Waals surface area (Å²) in [7, 11) is 0. The molecule has 1 aliphatic carbocycles. The zero-order valence-electron chi connectivity index (χ0n) is 9.19. The molecule has 1 saturated carbocycles. The van der Waals surface area contributed by atoms with Crippen LogP contribution in [0.4, 0.5) is 0 Å². The van der Waals surface area contributed by atoms with Crippen molar-refractivity contribution in [3.63, 3.8) is 0 Å². The smallest absolute Gasteiger partial charge is 0.0351 e. The zero-order chi connectivity index (χ0) is 9.19. The van der Waals surface area contributed by atoms with Gasteiger partial charge in [-0.15, -0.1) is 0 Å². The van der Waals surface area contributed by atoms with E-state index in [1.54, 1.807) is 0 Å². The van der Waals surface area contributed by atoms with Gasteiger partial charge in [0.1, 0.15) is 0 Å². The predicted molar refractivity (Wildman–Crippen MR) is 55.2 cm³/mol. The molecule has 0 aromatic rings. The Morgan fingerprint density at radius 3 is 2.58 bits per heavy atom. The highest BCUT2D eigenvalue weighted by atomic mass is 14.3. The molecule has 1 fully saturated rings. The Hall–Kier alpha value is 0. The average molecular weight is 168 g/mol. The highest BCUT2D eigenvalue weighted by Crippen LogP contribution is 2.42. The third kappa shape index (κ3) is 2.50. The van der Waals surface area contributed by atoms with Crippen molar-refractivity contribution < 1.29 is 0 Å². The van der Waals surface area contributed by atoms with E-state index in [4.69, 9.17) is 0 Å². The minimum atomic E-state index is 0.631. The molecule has 0 nitrogen and oxygen atoms in total. The normalized spacial score (nSPS) is 31.5. The second-order valence-corrected chi connectivity index (χ2v) is 5.41. The van der Waals surface area contributed by atoms with Gasteiger partial charge in [-0.3, -0.25) is 0 Å². The van der Waals surface area contributed by atoms with Crippen LogP contribution in [0.2, 0.25) is 0 Å². The molecule has 0 spiro atoms. The van der Waals surface area contributed by atoms with Gasteiger partial charge in [-0.05, 0) is 30.1 Å². The van der Waals surface area contributed by atoms with Crippen molar-refractivity contribution in [3.05, 3.63) is 0 Å². The quantitative estimate of drug-likeness (QED) is 0.578. The Balaban J connectivity index is 2.46. The fourth-order valence-electron chi connectivity index (χ4n) is 2.58. The van der Waals surface area contributed by atoms with E-state index in [2.05, 4.69) is 27.7 Å². The van der Waals surface area contributed by atoms with Crippen molar-refractivity contribution in [1.82, 2.24) is 0 Å². The Kier molecular flexibility index (Phi) is 3.20. The standard InChI is InChI=1S/C12H24/c1-5-10(2)11-7-6-8-12(3,4)9-11/h10-11H,5-9H2,1-4H3/t10-,11-/m0/s1. The summed E-state index contributed by atoms with van der Waals surface area (Å²) in [6.45, 7) is 9.61. The summed E-state index contributed by atoms with van der Waals surface area (Å²) in [5, 5.41) is 0. The van der Waals surface area contributed by atoms with E-state index in [9.17, 15) is 0 Å². The van der Waals surface area contributed by atoms with Crippen LogP contribution in [-0.2, 0) is 0 Å². The zero-order valence-corrected chi connectivity index (χ0v) is 9.19. The molecule has 1 aliphatic rings. The molecule has 0 aromatic heterocycles. The van der Waals surface area contributed by atoms with Gasteiger partial charge in [0.25, 0.3) is 0 Å². The molecule has 0 N–H and O–H groups in total. The molecular weight excluding hydrogens is 144 g/mol. The van der Waals surface area contributed by atoms with Crippen LogP contribution >= 0.6 is 0 Å². The Morgan fingerprint density at radius 1 is 1.42 bits per heavy atom. The number of hydrogen-bond acceptors (Lipinski definition) is 0. The lowest BCUT2D eigenvalue weighted by Gasteiger charge is -2.37. The second-order valence-electron chi connectivity index (χ2n) is 5.41. The van der Waals surface area contributed by atoms with E-state index in [0.717, 1.165) is 11.8 Å². The molecule has 0 amide bonds. The molecular formula is C12H24. The minimum Gasteiger partial charge on any atom is -0.0651 e. The molecule has 0 aliphatic heterocycles. The molecule has 0 radical (unpaired) electrons. The third-order valence-electron chi connectivity index (χ3n) is 3.69. The van der Waals surface area contributed by atoms with Crippen molar-refractivity contribution >= 4 is 0 Å². The molecule has 2 atom stereocenters. The lowest BCUT2D eigenvalue weighted by molar-refractivity contribution is 0.138. The number of hydrogen-bond donors (Lipinski definition) is 0. The van der Waals surface area contributed by atoms with Gasteiger partial charge < -0.3 is 0 Å². The molecule has 0 unspecified atom stereocenters. The lowest BCUT2D eigenvalue weighted by atomic mass is 9.68. The van der Waals surface area contributed by atoms with Gasteiger partial charge in [0.05, 0.1) is 0 Å². The van der Waals surface area contributed by atoms with E-state index in [1.807, 2.05) is 0 Å². The van der Waals surface area contributed by atoms with Gasteiger partial charge in [0.15, 0.2) is 0 Å². The first-order chi connectivity index (χ1) is 5.55. The van der Waals surface area contributed by atoms with Crippen LogP contribution in [-0.4, -0.2) is 0 Å². The molecule has 0 saturated heterocycles. The summed E-state index contributed by atoms with van der Waals surface area (Å²) in [4.78, 5) is 0. The van der Waals surface area contributed by atoms with Crippen molar-refractivity contribution in [3.8, 4) is 0 Å². The SMILES string of the molecule is CC[C@H](C)[C@H]1CCCC(C)(C)C1. The summed E-state index contributed by atoms with van der Waals surface area (Å²) in [6.07, 6.45) is 7.21. The van der Waals surface area contributed by atoms with E-state index >= 15 is 0 Å². The van der Waals surface area contributed by atoms with E-state index < -0.39 is 0 Å². The topological polar surface area (TPSA) is 0 Å².